The standard InChI is InChI=1S/C27H29NO2S/c1-2-3-17-25-26(29)28(19-18-21-11-6-4-7-12-21)27(31-25)22-13-10-16-24(20-22)30-23-14-8-5-9-15-23/h4-16,20,25,27H,2-3,17-19H2,1H3. The van der Waals surface area contributed by atoms with Gasteiger partial charge in [0.05, 0.1) is 5.25 Å². The van der Waals surface area contributed by atoms with Gasteiger partial charge in [-0.05, 0) is 48.2 Å². The van der Waals surface area contributed by atoms with Gasteiger partial charge in [-0.3, -0.25) is 4.79 Å². The molecule has 1 aliphatic heterocycles. The van der Waals surface area contributed by atoms with E-state index < -0.39 is 0 Å². The lowest BCUT2D eigenvalue weighted by molar-refractivity contribution is -0.130. The maximum absolute atomic E-state index is 13.3. The van der Waals surface area contributed by atoms with Crippen molar-refractivity contribution in [2.45, 2.75) is 43.2 Å². The van der Waals surface area contributed by atoms with Gasteiger partial charge >= 0.3 is 0 Å². The van der Waals surface area contributed by atoms with Gasteiger partial charge in [-0.15, -0.1) is 11.8 Å². The van der Waals surface area contributed by atoms with Crippen molar-refractivity contribution in [3.8, 4) is 11.5 Å². The number of carbonyl (C=O) groups excluding carboxylic acids is 1. The summed E-state index contributed by atoms with van der Waals surface area (Å²) in [5.74, 6) is 1.89. The predicted molar refractivity (Wildman–Crippen MR) is 128 cm³/mol. The zero-order chi connectivity index (χ0) is 21.5. The molecule has 0 aliphatic carbocycles. The minimum absolute atomic E-state index is 0.0254. The molecule has 0 N–H and O–H groups in total. The number of carbonyl (C=O) groups is 1. The number of ether oxygens (including phenoxy) is 1. The Kier molecular flexibility index (Phi) is 7.31. The summed E-state index contributed by atoms with van der Waals surface area (Å²) in [6.45, 7) is 2.91. The van der Waals surface area contributed by atoms with Crippen LogP contribution in [0.3, 0.4) is 0 Å². The molecule has 1 aliphatic rings. The summed E-state index contributed by atoms with van der Waals surface area (Å²) in [5.41, 5.74) is 2.39. The Morgan fingerprint density at radius 1 is 0.903 bits per heavy atom. The third kappa shape index (κ3) is 5.50. The van der Waals surface area contributed by atoms with Crippen LogP contribution in [-0.2, 0) is 11.2 Å². The highest BCUT2D eigenvalue weighted by Crippen LogP contribution is 2.45. The molecular weight excluding hydrogens is 402 g/mol. The molecule has 1 fully saturated rings. The van der Waals surface area contributed by atoms with Crippen LogP contribution in [0, 0.1) is 0 Å². The van der Waals surface area contributed by atoms with Crippen LogP contribution < -0.4 is 4.74 Å². The summed E-state index contributed by atoms with van der Waals surface area (Å²) in [6, 6.07) is 28.4. The van der Waals surface area contributed by atoms with Crippen LogP contribution in [0.2, 0.25) is 0 Å². The number of thioether (sulfide) groups is 1. The molecular formula is C27H29NO2S. The van der Waals surface area contributed by atoms with E-state index in [9.17, 15) is 4.79 Å². The maximum Gasteiger partial charge on any atom is 0.236 e. The number of nitrogens with zero attached hydrogens (tertiary/aromatic N) is 1. The zero-order valence-corrected chi connectivity index (χ0v) is 18.8. The van der Waals surface area contributed by atoms with Gasteiger partial charge in [0.25, 0.3) is 0 Å². The van der Waals surface area contributed by atoms with E-state index in [1.54, 1.807) is 11.8 Å². The van der Waals surface area contributed by atoms with Gasteiger partial charge in [0.2, 0.25) is 5.91 Å². The first-order valence-electron chi connectivity index (χ1n) is 11.1. The van der Waals surface area contributed by atoms with Crippen LogP contribution >= 0.6 is 11.8 Å². The summed E-state index contributed by atoms with van der Waals surface area (Å²) >= 11 is 1.79. The summed E-state index contributed by atoms with van der Waals surface area (Å²) in [7, 11) is 0. The Morgan fingerprint density at radius 2 is 1.61 bits per heavy atom. The Labute approximate surface area is 189 Å². The highest BCUT2D eigenvalue weighted by atomic mass is 32.2. The van der Waals surface area contributed by atoms with Crippen LogP contribution in [-0.4, -0.2) is 22.6 Å². The average Bonchev–Trinajstić information content (AvgIpc) is 3.13. The third-order valence-electron chi connectivity index (χ3n) is 5.56. The molecule has 2 atom stereocenters. The summed E-state index contributed by atoms with van der Waals surface area (Å²) < 4.78 is 6.05. The Balaban J connectivity index is 1.54. The molecule has 1 amide bonds. The lowest BCUT2D eigenvalue weighted by Crippen LogP contribution is -2.33. The van der Waals surface area contributed by atoms with E-state index in [0.29, 0.717) is 0 Å². The van der Waals surface area contributed by atoms with Crippen molar-refractivity contribution < 1.29 is 9.53 Å². The van der Waals surface area contributed by atoms with Gasteiger partial charge in [-0.2, -0.15) is 0 Å². The van der Waals surface area contributed by atoms with E-state index in [-0.39, 0.29) is 16.5 Å². The van der Waals surface area contributed by atoms with Crippen LogP contribution in [0.15, 0.2) is 84.9 Å². The van der Waals surface area contributed by atoms with E-state index in [1.165, 1.54) is 5.56 Å². The molecule has 0 radical (unpaired) electrons. The monoisotopic (exact) mass is 431 g/mol. The number of para-hydroxylation sites is 1. The first-order valence-corrected chi connectivity index (χ1v) is 12.0. The van der Waals surface area contributed by atoms with Gasteiger partial charge < -0.3 is 9.64 Å². The highest BCUT2D eigenvalue weighted by Gasteiger charge is 2.40. The molecule has 0 aromatic heterocycles. The second-order valence-corrected chi connectivity index (χ2v) is 9.16. The molecule has 4 rings (SSSR count). The van der Waals surface area contributed by atoms with E-state index in [0.717, 1.165) is 49.3 Å². The first-order chi connectivity index (χ1) is 15.2. The molecule has 0 bridgehead atoms. The van der Waals surface area contributed by atoms with E-state index in [4.69, 9.17) is 4.74 Å². The molecule has 2 unspecified atom stereocenters. The van der Waals surface area contributed by atoms with Crippen LogP contribution in [0.5, 0.6) is 11.5 Å². The lowest BCUT2D eigenvalue weighted by Gasteiger charge is -2.24. The number of hydrogen-bond acceptors (Lipinski definition) is 3. The van der Waals surface area contributed by atoms with Gasteiger partial charge in [0, 0.05) is 6.54 Å². The summed E-state index contributed by atoms with van der Waals surface area (Å²) in [5, 5.41) is 0.0665. The lowest BCUT2D eigenvalue weighted by atomic mass is 10.1. The van der Waals surface area contributed by atoms with E-state index in [1.807, 2.05) is 48.5 Å². The van der Waals surface area contributed by atoms with Crippen LogP contribution in [0.4, 0.5) is 0 Å². The highest BCUT2D eigenvalue weighted by molar-refractivity contribution is 8.01. The van der Waals surface area contributed by atoms with Gasteiger partial charge in [0.1, 0.15) is 16.9 Å². The van der Waals surface area contributed by atoms with Gasteiger partial charge in [0.15, 0.2) is 0 Å². The van der Waals surface area contributed by atoms with Crippen molar-refractivity contribution in [3.05, 3.63) is 96.1 Å². The minimum atomic E-state index is 0.0254. The number of hydrogen-bond donors (Lipinski definition) is 0. The Morgan fingerprint density at radius 3 is 2.35 bits per heavy atom. The topological polar surface area (TPSA) is 29.5 Å². The summed E-state index contributed by atoms with van der Waals surface area (Å²) in [6.07, 6.45) is 4.00. The maximum atomic E-state index is 13.3. The van der Waals surface area contributed by atoms with Gasteiger partial charge in [-0.1, -0.05) is 80.4 Å². The Hall–Kier alpha value is -2.72. The average molecular weight is 432 g/mol. The largest absolute Gasteiger partial charge is 0.457 e. The fraction of sp³-hybridized carbons (Fsp3) is 0.296. The fourth-order valence-corrected chi connectivity index (χ4v) is 5.43. The summed E-state index contributed by atoms with van der Waals surface area (Å²) in [4.78, 5) is 15.3. The quantitative estimate of drug-likeness (QED) is 0.371. The second kappa shape index (κ2) is 10.5. The smallest absolute Gasteiger partial charge is 0.236 e. The molecule has 1 heterocycles. The number of benzene rings is 3. The molecule has 3 nitrogen and oxygen atoms in total. The van der Waals surface area contributed by atoms with Crippen molar-refractivity contribution in [2.75, 3.05) is 6.54 Å². The van der Waals surface area contributed by atoms with Gasteiger partial charge in [-0.25, -0.2) is 0 Å². The number of amides is 1. The Bertz CT molecular complexity index is 977. The normalized spacial score (nSPS) is 18.4. The van der Waals surface area contributed by atoms with Crippen molar-refractivity contribution in [3.63, 3.8) is 0 Å². The second-order valence-electron chi connectivity index (χ2n) is 7.87. The SMILES string of the molecule is CCCCC1SC(c2cccc(Oc3ccccc3)c2)N(CCc2ccccc2)C1=O. The van der Waals surface area contributed by atoms with Crippen molar-refractivity contribution in [1.82, 2.24) is 4.90 Å². The molecule has 4 heteroatoms. The van der Waals surface area contributed by atoms with Crippen molar-refractivity contribution in [1.29, 1.82) is 0 Å². The molecule has 0 spiro atoms. The third-order valence-corrected chi connectivity index (χ3v) is 7.11. The molecule has 3 aromatic rings. The van der Waals surface area contributed by atoms with Crippen LogP contribution in [0.25, 0.3) is 0 Å². The minimum Gasteiger partial charge on any atom is -0.457 e. The van der Waals surface area contributed by atoms with Crippen molar-refractivity contribution >= 4 is 17.7 Å². The first kappa shape index (κ1) is 21.5. The predicted octanol–water partition coefficient (Wildman–Crippen LogP) is 6.85. The molecule has 3 aromatic carbocycles. The number of unbranched alkanes of at least 4 members (excludes halogenated alkanes) is 1. The zero-order valence-electron chi connectivity index (χ0n) is 17.9. The molecule has 1 saturated heterocycles. The van der Waals surface area contributed by atoms with Crippen molar-refractivity contribution in [2.24, 2.45) is 0 Å². The molecule has 160 valence electrons. The molecule has 0 saturated carbocycles. The molecule has 31 heavy (non-hydrogen) atoms. The fourth-order valence-electron chi connectivity index (χ4n) is 3.91. The van der Waals surface area contributed by atoms with Crippen LogP contribution in [0.1, 0.15) is 42.7 Å². The van der Waals surface area contributed by atoms with E-state index in [2.05, 4.69) is 48.2 Å². The van der Waals surface area contributed by atoms with E-state index >= 15 is 0 Å². The number of rotatable bonds is 9.